The Hall–Kier alpha value is -3.99. The molecule has 2 amide bonds. The van der Waals surface area contributed by atoms with E-state index in [-0.39, 0.29) is 37.1 Å². The number of benzene rings is 2. The van der Waals surface area contributed by atoms with Crippen molar-refractivity contribution in [3.05, 3.63) is 82.9 Å². The summed E-state index contributed by atoms with van der Waals surface area (Å²) in [6.07, 6.45) is 12.9. The van der Waals surface area contributed by atoms with E-state index >= 15 is 0 Å². The van der Waals surface area contributed by atoms with Gasteiger partial charge in [0.05, 0.1) is 12.2 Å². The first-order valence-electron chi connectivity index (χ1n) is 18.8. The summed E-state index contributed by atoms with van der Waals surface area (Å²) in [5.74, 6) is -1.72. The van der Waals surface area contributed by atoms with Crippen LogP contribution < -0.4 is 5.32 Å². The van der Waals surface area contributed by atoms with Gasteiger partial charge in [0.1, 0.15) is 30.1 Å². The minimum absolute atomic E-state index is 0.122. The lowest BCUT2D eigenvalue weighted by Gasteiger charge is -2.33. The number of phenols is 1. The van der Waals surface area contributed by atoms with Gasteiger partial charge < -0.3 is 34.6 Å². The average Bonchev–Trinajstić information content (AvgIpc) is 3.77. The molecule has 0 spiro atoms. The molecule has 2 aromatic carbocycles. The highest BCUT2D eigenvalue weighted by Gasteiger charge is 2.53. The third-order valence-electron chi connectivity index (χ3n) is 10.1. The standard InChI is InChI=1S/C41H54N2O8/c1-3-5-11-22-41(23-12-6-4-2)50-36-28-31(39(47)43-25-14-20-33(43)38(46)42-24-26-44)27-35(37(36)51-41)49-40(48)32-19-9-7-15-29(32)17-13-18-30-16-8-10-21-34(30)45/h7-10,13,15-17,19,21,28,33,35-37,44-45H,3-6,11-12,14,18,20,22-27H2,1-2H3,(H,42,46)/t33-,35-,36-,37+/m1/s1. The molecule has 2 aromatic rings. The number of fused-ring (bicyclic) bond motifs is 1. The highest BCUT2D eigenvalue weighted by Crippen LogP contribution is 2.43. The van der Waals surface area contributed by atoms with E-state index in [1.54, 1.807) is 29.2 Å². The fourth-order valence-electron chi connectivity index (χ4n) is 7.38. The first-order chi connectivity index (χ1) is 24.8. The Kier molecular flexibility index (Phi) is 13.9. The molecule has 4 atom stereocenters. The van der Waals surface area contributed by atoms with Crippen molar-refractivity contribution in [1.29, 1.82) is 0 Å². The largest absolute Gasteiger partial charge is 0.508 e. The lowest BCUT2D eigenvalue weighted by atomic mass is 9.91. The van der Waals surface area contributed by atoms with Crippen molar-refractivity contribution in [2.24, 2.45) is 0 Å². The lowest BCUT2D eigenvalue weighted by molar-refractivity contribution is -0.190. The van der Waals surface area contributed by atoms with Crippen molar-refractivity contribution < 1.29 is 38.8 Å². The second kappa shape index (κ2) is 18.5. The predicted octanol–water partition coefficient (Wildman–Crippen LogP) is 6.24. The summed E-state index contributed by atoms with van der Waals surface area (Å²) in [6, 6.07) is 13.7. The molecule has 0 radical (unpaired) electrons. The molecule has 51 heavy (non-hydrogen) atoms. The van der Waals surface area contributed by atoms with E-state index in [1.807, 2.05) is 42.5 Å². The summed E-state index contributed by atoms with van der Waals surface area (Å²) in [6.45, 7) is 4.69. The number of allylic oxidation sites excluding steroid dienone is 1. The van der Waals surface area contributed by atoms with Crippen LogP contribution in [0.1, 0.15) is 106 Å². The van der Waals surface area contributed by atoms with Crippen LogP contribution in [-0.4, -0.2) is 82.7 Å². The molecule has 10 nitrogen and oxygen atoms in total. The van der Waals surface area contributed by atoms with Gasteiger partial charge in [0, 0.05) is 37.9 Å². The smallest absolute Gasteiger partial charge is 0.339 e. The molecule has 10 heteroatoms. The first kappa shape index (κ1) is 38.2. The topological polar surface area (TPSA) is 135 Å². The Balaban J connectivity index is 1.40. The Morgan fingerprint density at radius 2 is 1.73 bits per heavy atom. The number of rotatable bonds is 17. The molecule has 0 saturated carbocycles. The van der Waals surface area contributed by atoms with Crippen LogP contribution in [0.25, 0.3) is 6.08 Å². The zero-order chi connectivity index (χ0) is 36.2. The van der Waals surface area contributed by atoms with E-state index < -0.39 is 36.1 Å². The van der Waals surface area contributed by atoms with E-state index in [2.05, 4.69) is 19.2 Å². The van der Waals surface area contributed by atoms with Gasteiger partial charge in [0.15, 0.2) is 5.79 Å². The van der Waals surface area contributed by atoms with Gasteiger partial charge in [-0.15, -0.1) is 0 Å². The molecule has 3 N–H and O–H groups in total. The van der Waals surface area contributed by atoms with E-state index in [0.717, 1.165) is 44.1 Å². The molecule has 5 rings (SSSR count). The summed E-state index contributed by atoms with van der Waals surface area (Å²) in [7, 11) is 0. The number of likely N-dealkylation sites (tertiary alicyclic amines) is 1. The molecular weight excluding hydrogens is 648 g/mol. The predicted molar refractivity (Wildman–Crippen MR) is 195 cm³/mol. The monoisotopic (exact) mass is 702 g/mol. The summed E-state index contributed by atoms with van der Waals surface area (Å²) in [5, 5.41) is 22.1. The Morgan fingerprint density at radius 1 is 1.00 bits per heavy atom. The third-order valence-corrected chi connectivity index (χ3v) is 10.1. The van der Waals surface area contributed by atoms with Gasteiger partial charge in [-0.05, 0) is 61.4 Å². The van der Waals surface area contributed by atoms with Crippen LogP contribution in [0.3, 0.4) is 0 Å². The summed E-state index contributed by atoms with van der Waals surface area (Å²) in [4.78, 5) is 42.6. The number of hydrogen-bond acceptors (Lipinski definition) is 8. The normalized spacial score (nSPS) is 22.5. The van der Waals surface area contributed by atoms with Crippen LogP contribution in [0.4, 0.5) is 0 Å². The van der Waals surface area contributed by atoms with E-state index in [9.17, 15) is 24.6 Å². The van der Waals surface area contributed by atoms with Gasteiger partial charge in [0.25, 0.3) is 0 Å². The average molecular weight is 703 g/mol. The molecule has 276 valence electrons. The van der Waals surface area contributed by atoms with E-state index in [1.165, 1.54) is 0 Å². The van der Waals surface area contributed by atoms with Crippen molar-refractivity contribution in [3.63, 3.8) is 0 Å². The highest BCUT2D eigenvalue weighted by atomic mass is 16.8. The van der Waals surface area contributed by atoms with E-state index in [0.29, 0.717) is 55.3 Å². The van der Waals surface area contributed by atoms with Crippen LogP contribution in [0.2, 0.25) is 0 Å². The summed E-state index contributed by atoms with van der Waals surface area (Å²) in [5.41, 5.74) is 2.26. The maximum Gasteiger partial charge on any atom is 0.339 e. The van der Waals surface area contributed by atoms with Crippen molar-refractivity contribution in [3.8, 4) is 5.75 Å². The molecule has 2 heterocycles. The number of nitrogens with zero attached hydrogens (tertiary/aromatic N) is 1. The van der Waals surface area contributed by atoms with Crippen LogP contribution >= 0.6 is 0 Å². The number of carbonyl (C=O) groups is 3. The maximum atomic E-state index is 14.1. The molecule has 2 saturated heterocycles. The van der Waals surface area contributed by atoms with Gasteiger partial charge in [0.2, 0.25) is 11.8 Å². The van der Waals surface area contributed by atoms with E-state index in [4.69, 9.17) is 14.2 Å². The van der Waals surface area contributed by atoms with Crippen LogP contribution in [0, 0.1) is 0 Å². The number of aliphatic hydroxyl groups excluding tert-OH is 1. The number of amides is 2. The lowest BCUT2D eigenvalue weighted by Crippen LogP contribution is -2.49. The molecular formula is C41H54N2O8. The molecule has 0 aromatic heterocycles. The van der Waals surface area contributed by atoms with Gasteiger partial charge in [-0.2, -0.15) is 0 Å². The second-order valence-corrected chi connectivity index (χ2v) is 13.8. The number of aromatic hydroxyl groups is 1. The molecule has 0 unspecified atom stereocenters. The minimum Gasteiger partial charge on any atom is -0.508 e. The van der Waals surface area contributed by atoms with Gasteiger partial charge in [-0.25, -0.2) is 4.79 Å². The number of carbonyl (C=O) groups excluding carboxylic acids is 3. The zero-order valence-electron chi connectivity index (χ0n) is 30.1. The van der Waals surface area contributed by atoms with Crippen molar-refractivity contribution in [2.75, 3.05) is 19.7 Å². The number of para-hydroxylation sites is 1. The summed E-state index contributed by atoms with van der Waals surface area (Å²) >= 11 is 0. The number of unbranched alkanes of at least 4 members (excludes halogenated alkanes) is 4. The van der Waals surface area contributed by atoms with Crippen LogP contribution in [-0.2, 0) is 30.2 Å². The first-order valence-corrected chi connectivity index (χ1v) is 18.8. The molecule has 1 aliphatic carbocycles. The maximum absolute atomic E-state index is 14.1. The number of nitrogens with one attached hydrogen (secondary N) is 1. The van der Waals surface area contributed by atoms with Crippen molar-refractivity contribution in [1.82, 2.24) is 10.2 Å². The molecule has 3 aliphatic rings. The Labute approximate surface area is 301 Å². The van der Waals surface area contributed by atoms with Gasteiger partial charge in [-0.1, -0.05) is 88.1 Å². The SMILES string of the molecule is CCCCCC1(CCCCC)O[C@@H]2[C@@H](C=C(C(=O)N3CCC[C@@H]3C(=O)NCCO)C[C@H]2OC(=O)c2ccccc2C=CCc2ccccc2O)O1. The summed E-state index contributed by atoms with van der Waals surface area (Å²) < 4.78 is 19.9. The van der Waals surface area contributed by atoms with Gasteiger partial charge >= 0.3 is 5.97 Å². The van der Waals surface area contributed by atoms with Crippen molar-refractivity contribution in [2.45, 2.75) is 121 Å². The number of aliphatic hydroxyl groups is 1. The quantitative estimate of drug-likeness (QED) is 0.130. The fraction of sp³-hybridized carbons (Fsp3) is 0.537. The second-order valence-electron chi connectivity index (χ2n) is 13.8. The van der Waals surface area contributed by atoms with Crippen LogP contribution in [0.15, 0.2) is 66.3 Å². The van der Waals surface area contributed by atoms with Crippen molar-refractivity contribution >= 4 is 23.9 Å². The zero-order valence-corrected chi connectivity index (χ0v) is 30.1. The number of phenolic OH excluding ortho intramolecular Hbond substituents is 1. The third kappa shape index (κ3) is 9.67. The van der Waals surface area contributed by atoms with Crippen LogP contribution in [0.5, 0.6) is 5.75 Å². The molecule has 2 fully saturated rings. The van der Waals surface area contributed by atoms with Gasteiger partial charge in [-0.3, -0.25) is 9.59 Å². The Morgan fingerprint density at radius 3 is 2.45 bits per heavy atom. The number of esters is 1. The molecule has 2 aliphatic heterocycles. The highest BCUT2D eigenvalue weighted by molar-refractivity contribution is 5.98. The number of hydrogen-bond donors (Lipinski definition) is 3. The Bertz CT molecular complexity index is 1540. The number of ether oxygens (including phenoxy) is 3. The minimum atomic E-state index is -0.844. The fourth-order valence-corrected chi connectivity index (χ4v) is 7.38. The molecule has 0 bridgehead atoms.